The summed E-state index contributed by atoms with van der Waals surface area (Å²) in [7, 11) is 5.13. The van der Waals surface area contributed by atoms with Crippen molar-refractivity contribution in [3.63, 3.8) is 0 Å². The number of nitrogens with one attached hydrogen (secondary N) is 1. The molecule has 95 heavy (non-hydrogen) atoms. The molecule has 2 heterocycles. The predicted octanol–water partition coefficient (Wildman–Crippen LogP) is 16.4. The van der Waals surface area contributed by atoms with Crippen LogP contribution in [0.4, 0.5) is 0 Å². The van der Waals surface area contributed by atoms with Gasteiger partial charge in [-0.2, -0.15) is 26.3 Å². The van der Waals surface area contributed by atoms with Gasteiger partial charge in [0.25, 0.3) is 12.5 Å². The summed E-state index contributed by atoms with van der Waals surface area (Å²) in [6.45, 7) is 35.2. The van der Waals surface area contributed by atoms with Gasteiger partial charge in [-0.3, -0.25) is 4.98 Å². The second kappa shape index (κ2) is 35.0. The maximum absolute atomic E-state index is 9.34. The van der Waals surface area contributed by atoms with Gasteiger partial charge >= 0.3 is 0 Å². The van der Waals surface area contributed by atoms with Crippen LogP contribution < -0.4 is 4.98 Å². The SMILES string of the molecule is COC(OC)(OC)C12CC3CC(CC(C3)C1)C2.[C-]#[N+]C(C#N)[C-](C(C#N)[N+]#[C-])C12CC3CC(CC(C3)C1)C2.[C-]#[N+]C(C#N)[C-](C(C#N)[N+]#[C-])C12CC3CC(CC(C3)C1)C2.[C-]#[N+]CC#N.c1cc[nH+]cc1.c1ccc([S+](c2ccccc2)c2ccccc2)cc1.c1ccncc1. The van der Waals surface area contributed by atoms with Gasteiger partial charge in [-0.15, -0.1) is 22.7 Å². The number of pyridine rings is 2. The fourth-order valence-electron chi connectivity index (χ4n) is 19.2. The molecule has 3 aromatic carbocycles. The number of hydrogen-bond donors (Lipinski definition) is 0. The number of rotatable bonds is 13. The molecule has 12 aliphatic rings. The molecule has 1 N–H and O–H groups in total. The van der Waals surface area contributed by atoms with Crippen molar-refractivity contribution in [2.24, 2.45) is 69.5 Å². The fraction of sp³-hybridized carbons (Fsp3) is 0.494. The topological polar surface area (TPSA) is 195 Å². The molecule has 17 rings (SSSR count). The van der Waals surface area contributed by atoms with Gasteiger partial charge in [-0.05, 0) is 179 Å². The molecule has 0 aliphatic heterocycles. The van der Waals surface area contributed by atoms with E-state index in [0.29, 0.717) is 47.3 Å². The summed E-state index contributed by atoms with van der Waals surface area (Å²) >= 11 is 0. The summed E-state index contributed by atoms with van der Waals surface area (Å²) in [5, 5.41) is 45.0. The molecule has 12 aliphatic carbocycles. The van der Waals surface area contributed by atoms with Crippen LogP contribution in [0, 0.1) is 171 Å². The van der Waals surface area contributed by atoms with Gasteiger partial charge in [-0.1, -0.05) is 105 Å². The Bertz CT molecular complexity index is 3120. The maximum Gasteiger partial charge on any atom is 0.298 e. The van der Waals surface area contributed by atoms with Gasteiger partial charge in [0.1, 0.15) is 30.3 Å². The molecular weight excluding hydrogens is 1200 g/mol. The molecule has 15 nitrogen and oxygen atoms in total. The third-order valence-electron chi connectivity index (χ3n) is 21.2. The van der Waals surface area contributed by atoms with E-state index in [4.69, 9.17) is 52.3 Å². The quantitative estimate of drug-likeness (QED) is 0.0477. The third kappa shape index (κ3) is 17.3. The van der Waals surface area contributed by atoms with Crippen LogP contribution in [0.1, 0.15) is 116 Å². The highest BCUT2D eigenvalue weighted by Gasteiger charge is 2.63. The van der Waals surface area contributed by atoms with Gasteiger partial charge < -0.3 is 38.4 Å². The summed E-state index contributed by atoms with van der Waals surface area (Å²) in [4.78, 5) is 27.3. The van der Waals surface area contributed by atoms with Crippen molar-refractivity contribution in [3.8, 4) is 30.3 Å². The van der Waals surface area contributed by atoms with Gasteiger partial charge in [0.15, 0.2) is 27.1 Å². The van der Waals surface area contributed by atoms with Crippen molar-refractivity contribution < 1.29 is 19.2 Å². The minimum absolute atomic E-state index is 0.0139. The predicted molar refractivity (Wildman–Crippen MR) is 362 cm³/mol. The highest BCUT2D eigenvalue weighted by Crippen LogP contribution is 2.67. The highest BCUT2D eigenvalue weighted by molar-refractivity contribution is 7.97. The molecule has 12 fully saturated rings. The molecule has 12 bridgehead atoms. The van der Waals surface area contributed by atoms with Crippen LogP contribution in [0.3, 0.4) is 0 Å². The average molecular weight is 1280 g/mol. The Balaban J connectivity index is 0.000000150. The zero-order valence-electron chi connectivity index (χ0n) is 54.9. The van der Waals surface area contributed by atoms with E-state index in [1.54, 1.807) is 39.8 Å². The Morgan fingerprint density at radius 2 is 0.726 bits per heavy atom. The molecular formula is C79H86N12O3S. The van der Waals surface area contributed by atoms with Gasteiger partial charge in [0.2, 0.25) is 24.2 Å². The van der Waals surface area contributed by atoms with E-state index in [0.717, 1.165) is 56.3 Å². The molecule has 4 atom stereocenters. The number of benzene rings is 3. The number of ether oxygens (including phenoxy) is 3. The van der Waals surface area contributed by atoms with E-state index < -0.39 is 30.1 Å². The lowest BCUT2D eigenvalue weighted by Crippen LogP contribution is -2.60. The van der Waals surface area contributed by atoms with Crippen LogP contribution in [0.5, 0.6) is 0 Å². The van der Waals surface area contributed by atoms with Crippen molar-refractivity contribution in [3.05, 3.63) is 221 Å². The monoisotopic (exact) mass is 1280 g/mol. The molecule has 486 valence electrons. The Kier molecular flexibility index (Phi) is 26.5. The molecule has 0 saturated heterocycles. The number of H-pyrrole nitrogens is 1. The van der Waals surface area contributed by atoms with E-state index >= 15 is 0 Å². The summed E-state index contributed by atoms with van der Waals surface area (Å²) in [5.74, 6) is 7.09. The summed E-state index contributed by atoms with van der Waals surface area (Å²) < 4.78 is 17.0. The number of hydrogen-bond acceptors (Lipinski definition) is 9. The number of methoxy groups -OCH3 is 3. The van der Waals surface area contributed by atoms with E-state index in [1.807, 2.05) is 73.1 Å². The first-order valence-electron chi connectivity index (χ1n) is 33.1. The van der Waals surface area contributed by atoms with Gasteiger partial charge in [0.05, 0.1) is 16.3 Å². The molecule has 0 spiro atoms. The Morgan fingerprint density at radius 3 is 0.905 bits per heavy atom. The lowest BCUT2D eigenvalue weighted by molar-refractivity contribution is -0.425. The van der Waals surface area contributed by atoms with Crippen LogP contribution in [-0.4, -0.2) is 63.0 Å². The number of aromatic nitrogens is 2. The molecule has 16 heteroatoms. The molecule has 4 unspecified atom stereocenters. The highest BCUT2D eigenvalue weighted by atomic mass is 32.2. The van der Waals surface area contributed by atoms with E-state index in [9.17, 15) is 21.0 Å². The molecule has 0 amide bonds. The van der Waals surface area contributed by atoms with Crippen LogP contribution in [0.2, 0.25) is 0 Å². The second-order valence-electron chi connectivity index (χ2n) is 27.1. The standard InChI is InChI=1S/C18H15S.2C17H17N4.C14H24O3.2C5H5N.C3H2N2/c1-4-10-16(11-5-1)19(17-12-6-2-7-13-17)18-14-8-3-9-15-18;2*1-20-14(9-18)16(15(10-19)21-2)17-6-11-3-12(7-17)5-13(4-11)8-17;1-15-14(16-2,17-3)13-7-10-4-11(8-13)6-12(5-10)9-13;2*1-2-4-6-5-3-1;1-5-3-2-4/h1-15H;2*11-15H,3-8H2;10-12H,4-9H2,1-3H3;2*1-5H;3H2/q+1;2*-1;;;;/p+1. The van der Waals surface area contributed by atoms with Crippen molar-refractivity contribution in [2.45, 2.75) is 160 Å². The normalized spacial score (nSPS) is 28.4. The van der Waals surface area contributed by atoms with Crippen molar-refractivity contribution in [1.29, 1.82) is 26.3 Å². The molecule has 2 aromatic heterocycles. The van der Waals surface area contributed by atoms with Crippen LogP contribution >= 0.6 is 0 Å². The third-order valence-corrected chi connectivity index (χ3v) is 23.5. The minimum Gasteiger partial charge on any atom is -0.332 e. The first kappa shape index (κ1) is 71.9. The van der Waals surface area contributed by atoms with Gasteiger partial charge in [-0.25, -0.2) is 37.8 Å². The smallest absolute Gasteiger partial charge is 0.298 e. The van der Waals surface area contributed by atoms with E-state index in [2.05, 4.69) is 125 Å². The number of nitriles is 5. The number of aromatic amines is 1. The van der Waals surface area contributed by atoms with Crippen molar-refractivity contribution in [1.82, 2.24) is 4.98 Å². The average Bonchev–Trinajstić information content (AvgIpc) is 0.737. The Labute approximate surface area is 567 Å². The molecule has 12 saturated carbocycles. The largest absolute Gasteiger partial charge is 0.332 e. The Hall–Kier alpha value is -8.91. The molecule has 0 radical (unpaired) electrons. The van der Waals surface area contributed by atoms with Crippen LogP contribution in [-0.2, 0) is 25.1 Å². The molecule has 5 aromatic rings. The van der Waals surface area contributed by atoms with Crippen molar-refractivity contribution in [2.75, 3.05) is 27.9 Å². The van der Waals surface area contributed by atoms with E-state index in [1.165, 1.54) is 91.7 Å². The first-order valence-corrected chi connectivity index (χ1v) is 34.4. The first-order chi connectivity index (χ1) is 46.3. The number of nitrogens with zero attached hydrogens (tertiary/aromatic N) is 11. The lowest BCUT2D eigenvalue weighted by atomic mass is 9.45. The zero-order valence-corrected chi connectivity index (χ0v) is 55.7. The summed E-state index contributed by atoms with van der Waals surface area (Å²) in [6, 6.07) is 49.8. The minimum atomic E-state index is -0.931. The Morgan fingerprint density at radius 1 is 0.453 bits per heavy atom. The van der Waals surface area contributed by atoms with E-state index in [-0.39, 0.29) is 33.7 Å². The zero-order chi connectivity index (χ0) is 67.7. The summed E-state index contributed by atoms with van der Waals surface area (Å²) in [5.41, 5.74) is -0.282. The second-order valence-corrected chi connectivity index (χ2v) is 29.2. The van der Waals surface area contributed by atoms with Crippen LogP contribution in [0.25, 0.3) is 24.2 Å². The van der Waals surface area contributed by atoms with Crippen LogP contribution in [0.15, 0.2) is 167 Å². The maximum atomic E-state index is 9.34. The van der Waals surface area contributed by atoms with Gasteiger partial charge in [0, 0.05) is 45.9 Å². The summed E-state index contributed by atoms with van der Waals surface area (Å²) in [6.07, 6.45) is 28.6. The van der Waals surface area contributed by atoms with Crippen molar-refractivity contribution >= 4 is 10.9 Å². The lowest BCUT2D eigenvalue weighted by Gasteiger charge is -2.64. The fourth-order valence-corrected chi connectivity index (χ4v) is 21.3.